The fourth-order valence-electron chi connectivity index (χ4n) is 2.84. The van der Waals surface area contributed by atoms with Crippen molar-refractivity contribution in [2.45, 2.75) is 23.8 Å². The van der Waals surface area contributed by atoms with Crippen molar-refractivity contribution in [1.29, 1.82) is 0 Å². The summed E-state index contributed by atoms with van der Waals surface area (Å²) in [6.45, 7) is 0.856. The van der Waals surface area contributed by atoms with Gasteiger partial charge >= 0.3 is 0 Å². The normalized spacial score (nSPS) is 18.3. The first-order chi connectivity index (χ1) is 10.3. The van der Waals surface area contributed by atoms with Crippen molar-refractivity contribution in [3.05, 3.63) is 42.5 Å². The van der Waals surface area contributed by atoms with Gasteiger partial charge in [-0.15, -0.1) is 11.8 Å². The summed E-state index contributed by atoms with van der Waals surface area (Å²) in [5.41, 5.74) is 0. The molecule has 0 radical (unpaired) electrons. The maximum absolute atomic E-state index is 12.2. The minimum Gasteiger partial charge on any atom is -0.394 e. The molecular weight excluding hydrogens is 282 g/mol. The predicted octanol–water partition coefficient (Wildman–Crippen LogP) is 2.92. The van der Waals surface area contributed by atoms with Crippen LogP contribution in [0.1, 0.15) is 12.8 Å². The fraction of sp³-hybridized carbons (Fsp3) is 0.353. The maximum Gasteiger partial charge on any atom is 0.233 e. The summed E-state index contributed by atoms with van der Waals surface area (Å²) in [6, 6.07) is 14.5. The molecule has 1 atom stereocenters. The first kappa shape index (κ1) is 14.4. The Kier molecular flexibility index (Phi) is 4.46. The van der Waals surface area contributed by atoms with Crippen LogP contribution < -0.4 is 0 Å². The third-order valence-electron chi connectivity index (χ3n) is 3.99. The molecule has 0 saturated carbocycles. The summed E-state index contributed by atoms with van der Waals surface area (Å²) in [6.07, 6.45) is 1.92. The quantitative estimate of drug-likeness (QED) is 0.883. The molecule has 1 N–H and O–H groups in total. The van der Waals surface area contributed by atoms with Crippen LogP contribution in [0.3, 0.4) is 0 Å². The van der Waals surface area contributed by atoms with Gasteiger partial charge in [-0.25, -0.2) is 0 Å². The largest absolute Gasteiger partial charge is 0.394 e. The SMILES string of the molecule is O=C(CSc1ccc2ccccc2c1)N1CCC[C@@H]1CO. The second kappa shape index (κ2) is 6.50. The van der Waals surface area contributed by atoms with Crippen LogP contribution in [0.5, 0.6) is 0 Å². The molecule has 1 heterocycles. The number of rotatable bonds is 4. The Morgan fingerprint density at radius 1 is 1.24 bits per heavy atom. The average molecular weight is 301 g/mol. The number of carbonyl (C=O) groups excluding carboxylic acids is 1. The van der Waals surface area contributed by atoms with Crippen LogP contribution in [0, 0.1) is 0 Å². The van der Waals surface area contributed by atoms with Gasteiger partial charge in [-0.1, -0.05) is 30.3 Å². The highest BCUT2D eigenvalue weighted by atomic mass is 32.2. The number of likely N-dealkylation sites (tertiary alicyclic amines) is 1. The molecule has 0 spiro atoms. The molecule has 1 aliphatic rings. The Morgan fingerprint density at radius 2 is 2.05 bits per heavy atom. The van der Waals surface area contributed by atoms with Crippen LogP contribution in [0.15, 0.2) is 47.4 Å². The Balaban J connectivity index is 1.64. The van der Waals surface area contributed by atoms with Gasteiger partial charge in [0.05, 0.1) is 18.4 Å². The van der Waals surface area contributed by atoms with E-state index in [0.717, 1.165) is 24.3 Å². The number of hydrogen-bond donors (Lipinski definition) is 1. The van der Waals surface area contributed by atoms with Gasteiger partial charge in [-0.2, -0.15) is 0 Å². The third-order valence-corrected chi connectivity index (χ3v) is 4.97. The van der Waals surface area contributed by atoms with Crippen LogP contribution in [-0.4, -0.2) is 40.9 Å². The van der Waals surface area contributed by atoms with Crippen molar-refractivity contribution in [2.75, 3.05) is 18.9 Å². The van der Waals surface area contributed by atoms with Gasteiger partial charge in [0.1, 0.15) is 0 Å². The van der Waals surface area contributed by atoms with Crippen molar-refractivity contribution in [3.63, 3.8) is 0 Å². The molecule has 21 heavy (non-hydrogen) atoms. The first-order valence-corrected chi connectivity index (χ1v) is 8.28. The molecule has 2 aromatic carbocycles. The van der Waals surface area contributed by atoms with E-state index in [0.29, 0.717) is 5.75 Å². The molecule has 4 heteroatoms. The molecule has 3 nitrogen and oxygen atoms in total. The second-order valence-corrected chi connectivity index (χ2v) is 6.41. The van der Waals surface area contributed by atoms with Gasteiger partial charge in [-0.3, -0.25) is 4.79 Å². The number of fused-ring (bicyclic) bond motifs is 1. The number of benzene rings is 2. The topological polar surface area (TPSA) is 40.5 Å². The highest BCUT2D eigenvalue weighted by molar-refractivity contribution is 8.00. The molecule has 110 valence electrons. The Hall–Kier alpha value is -1.52. The van der Waals surface area contributed by atoms with E-state index >= 15 is 0 Å². The third kappa shape index (κ3) is 3.22. The minimum absolute atomic E-state index is 0.0229. The van der Waals surface area contributed by atoms with Gasteiger partial charge in [-0.05, 0) is 35.7 Å². The average Bonchev–Trinajstić information content (AvgIpc) is 3.01. The number of hydrogen-bond acceptors (Lipinski definition) is 3. The molecule has 0 unspecified atom stereocenters. The van der Waals surface area contributed by atoms with E-state index in [1.807, 2.05) is 17.0 Å². The molecule has 3 rings (SSSR count). The van der Waals surface area contributed by atoms with Crippen LogP contribution in [0.25, 0.3) is 10.8 Å². The van der Waals surface area contributed by atoms with E-state index in [4.69, 9.17) is 0 Å². The van der Waals surface area contributed by atoms with Crippen molar-refractivity contribution < 1.29 is 9.90 Å². The van der Waals surface area contributed by atoms with Crippen LogP contribution >= 0.6 is 11.8 Å². The van der Waals surface area contributed by atoms with E-state index in [9.17, 15) is 9.90 Å². The Labute approximate surface area is 129 Å². The lowest BCUT2D eigenvalue weighted by atomic mass is 10.1. The van der Waals surface area contributed by atoms with E-state index in [1.54, 1.807) is 11.8 Å². The summed E-state index contributed by atoms with van der Waals surface area (Å²) in [5, 5.41) is 11.7. The van der Waals surface area contributed by atoms with Crippen molar-refractivity contribution in [3.8, 4) is 0 Å². The summed E-state index contributed by atoms with van der Waals surface area (Å²) in [7, 11) is 0. The van der Waals surface area contributed by atoms with Gasteiger partial charge < -0.3 is 10.0 Å². The smallest absolute Gasteiger partial charge is 0.233 e. The maximum atomic E-state index is 12.2. The van der Waals surface area contributed by atoms with Crippen LogP contribution in [-0.2, 0) is 4.79 Å². The molecule has 1 saturated heterocycles. The van der Waals surface area contributed by atoms with E-state index in [2.05, 4.69) is 30.3 Å². The Morgan fingerprint density at radius 3 is 2.86 bits per heavy atom. The lowest BCUT2D eigenvalue weighted by Crippen LogP contribution is -2.38. The molecule has 0 aliphatic carbocycles. The molecule has 1 fully saturated rings. The van der Waals surface area contributed by atoms with Crippen LogP contribution in [0.2, 0.25) is 0 Å². The van der Waals surface area contributed by atoms with Gasteiger partial charge in [0.2, 0.25) is 5.91 Å². The molecule has 2 aromatic rings. The van der Waals surface area contributed by atoms with E-state index in [-0.39, 0.29) is 18.6 Å². The number of aliphatic hydroxyl groups is 1. The Bertz CT molecular complexity index is 643. The highest BCUT2D eigenvalue weighted by Gasteiger charge is 2.27. The number of nitrogens with zero attached hydrogens (tertiary/aromatic N) is 1. The zero-order valence-electron chi connectivity index (χ0n) is 11.9. The number of aliphatic hydroxyl groups excluding tert-OH is 1. The summed E-state index contributed by atoms with van der Waals surface area (Å²) in [4.78, 5) is 15.2. The first-order valence-electron chi connectivity index (χ1n) is 7.30. The lowest BCUT2D eigenvalue weighted by molar-refractivity contribution is -0.129. The van der Waals surface area contributed by atoms with Crippen LogP contribution in [0.4, 0.5) is 0 Å². The van der Waals surface area contributed by atoms with Crippen molar-refractivity contribution in [1.82, 2.24) is 4.90 Å². The summed E-state index contributed by atoms with van der Waals surface area (Å²) >= 11 is 1.57. The summed E-state index contributed by atoms with van der Waals surface area (Å²) in [5.74, 6) is 0.569. The standard InChI is InChI=1S/C17H19NO2S/c19-11-15-6-3-9-18(15)17(20)12-21-16-8-7-13-4-1-2-5-14(13)10-16/h1-2,4-5,7-8,10,15,19H,3,6,9,11-12H2/t15-/m1/s1. The monoisotopic (exact) mass is 301 g/mol. The molecule has 1 aliphatic heterocycles. The molecule has 0 aromatic heterocycles. The minimum atomic E-state index is 0.0229. The fourth-order valence-corrected chi connectivity index (χ4v) is 3.67. The number of thioether (sulfide) groups is 1. The van der Waals surface area contributed by atoms with Gasteiger partial charge in [0.25, 0.3) is 0 Å². The zero-order chi connectivity index (χ0) is 14.7. The van der Waals surface area contributed by atoms with Crippen molar-refractivity contribution in [2.24, 2.45) is 0 Å². The van der Waals surface area contributed by atoms with E-state index in [1.165, 1.54) is 10.8 Å². The predicted molar refractivity (Wildman–Crippen MR) is 86.5 cm³/mol. The van der Waals surface area contributed by atoms with Crippen molar-refractivity contribution >= 4 is 28.4 Å². The lowest BCUT2D eigenvalue weighted by Gasteiger charge is -2.22. The van der Waals surface area contributed by atoms with Gasteiger partial charge in [0, 0.05) is 11.4 Å². The second-order valence-electron chi connectivity index (χ2n) is 5.36. The molecular formula is C17H19NO2S. The zero-order valence-corrected chi connectivity index (χ0v) is 12.7. The molecule has 1 amide bonds. The van der Waals surface area contributed by atoms with Gasteiger partial charge in [0.15, 0.2) is 0 Å². The highest BCUT2D eigenvalue weighted by Crippen LogP contribution is 2.25. The summed E-state index contributed by atoms with van der Waals surface area (Å²) < 4.78 is 0. The molecule has 0 bridgehead atoms. The van der Waals surface area contributed by atoms with E-state index < -0.39 is 0 Å². The number of carbonyl (C=O) groups is 1. The number of amides is 1.